The minimum absolute atomic E-state index is 0.0335. The van der Waals surface area contributed by atoms with E-state index in [0.717, 1.165) is 46.1 Å². The Kier molecular flexibility index (Phi) is 4.45. The third-order valence-electron chi connectivity index (χ3n) is 5.78. The smallest absolute Gasteiger partial charge is 0.329 e. The number of carbonyl (C=O) groups excluding carboxylic acids is 1. The molecular formula is C24H23N3O2. The van der Waals surface area contributed by atoms with Crippen molar-refractivity contribution in [2.75, 3.05) is 31.1 Å². The number of aromatic nitrogens is 1. The normalized spacial score (nSPS) is 14.7. The monoisotopic (exact) mass is 385 g/mol. The van der Waals surface area contributed by atoms with Crippen molar-refractivity contribution in [3.05, 3.63) is 78.4 Å². The minimum Gasteiger partial charge on any atom is -0.392 e. The first kappa shape index (κ1) is 17.8. The van der Waals surface area contributed by atoms with Gasteiger partial charge in [-0.05, 0) is 29.8 Å². The summed E-state index contributed by atoms with van der Waals surface area (Å²) >= 11 is 0. The zero-order valence-corrected chi connectivity index (χ0v) is 16.2. The molecule has 4 aromatic rings. The number of fused-ring (bicyclic) bond motifs is 3. The molecule has 0 saturated carbocycles. The standard InChI is InChI=1S/C24H23N3O2/c28-17-18-6-5-7-19(16-18)25-12-14-26(15-13-25)24(29)27-22-10-3-1-8-20(22)21-9-2-4-11-23(21)27/h1-11,16,28H,12-15,17H2. The fourth-order valence-electron chi connectivity index (χ4n) is 4.28. The molecule has 0 bridgehead atoms. The molecule has 5 rings (SSSR count). The van der Waals surface area contributed by atoms with E-state index < -0.39 is 0 Å². The Morgan fingerprint density at radius 1 is 0.793 bits per heavy atom. The maximum Gasteiger partial charge on any atom is 0.329 e. The van der Waals surface area contributed by atoms with E-state index in [0.29, 0.717) is 13.1 Å². The van der Waals surface area contributed by atoms with Crippen LogP contribution in [0.25, 0.3) is 21.8 Å². The van der Waals surface area contributed by atoms with E-state index in [2.05, 4.69) is 23.1 Å². The van der Waals surface area contributed by atoms with E-state index in [9.17, 15) is 9.90 Å². The molecule has 1 N–H and O–H groups in total. The maximum absolute atomic E-state index is 13.5. The number of piperazine rings is 1. The fraction of sp³-hybridized carbons (Fsp3) is 0.208. The van der Waals surface area contributed by atoms with Crippen molar-refractivity contribution in [1.82, 2.24) is 9.47 Å². The van der Waals surface area contributed by atoms with Crippen molar-refractivity contribution in [3.8, 4) is 0 Å². The largest absolute Gasteiger partial charge is 0.392 e. The third-order valence-corrected chi connectivity index (χ3v) is 5.78. The van der Waals surface area contributed by atoms with Gasteiger partial charge in [-0.2, -0.15) is 0 Å². The molecule has 5 heteroatoms. The average Bonchev–Trinajstić information content (AvgIpc) is 3.13. The molecule has 0 aliphatic carbocycles. The molecule has 146 valence electrons. The highest BCUT2D eigenvalue weighted by Crippen LogP contribution is 2.29. The molecule has 2 heterocycles. The number of para-hydroxylation sites is 2. The Hall–Kier alpha value is -3.31. The van der Waals surface area contributed by atoms with Crippen LogP contribution in [0, 0.1) is 0 Å². The lowest BCUT2D eigenvalue weighted by Gasteiger charge is -2.36. The summed E-state index contributed by atoms with van der Waals surface area (Å²) in [5, 5.41) is 11.6. The van der Waals surface area contributed by atoms with Crippen molar-refractivity contribution in [2.24, 2.45) is 0 Å². The molecule has 0 spiro atoms. The summed E-state index contributed by atoms with van der Waals surface area (Å²) < 4.78 is 1.85. The van der Waals surface area contributed by atoms with Gasteiger partial charge in [0.15, 0.2) is 0 Å². The van der Waals surface area contributed by atoms with Gasteiger partial charge in [0.05, 0.1) is 17.6 Å². The van der Waals surface area contributed by atoms with Crippen LogP contribution in [0.3, 0.4) is 0 Å². The van der Waals surface area contributed by atoms with Gasteiger partial charge in [0.25, 0.3) is 0 Å². The van der Waals surface area contributed by atoms with Gasteiger partial charge in [0, 0.05) is 42.6 Å². The molecule has 0 atom stereocenters. The summed E-state index contributed by atoms with van der Waals surface area (Å²) in [5.74, 6) is 0. The van der Waals surface area contributed by atoms with Crippen LogP contribution in [-0.2, 0) is 6.61 Å². The zero-order chi connectivity index (χ0) is 19.8. The maximum atomic E-state index is 13.5. The number of aliphatic hydroxyl groups excluding tert-OH is 1. The highest BCUT2D eigenvalue weighted by molar-refractivity contribution is 6.13. The topological polar surface area (TPSA) is 48.7 Å². The van der Waals surface area contributed by atoms with Gasteiger partial charge in [-0.25, -0.2) is 4.79 Å². The van der Waals surface area contributed by atoms with Gasteiger partial charge in [-0.3, -0.25) is 4.57 Å². The molecule has 1 aromatic heterocycles. The third kappa shape index (κ3) is 3.04. The molecular weight excluding hydrogens is 362 g/mol. The molecule has 1 saturated heterocycles. The van der Waals surface area contributed by atoms with E-state index >= 15 is 0 Å². The lowest BCUT2D eigenvalue weighted by Crippen LogP contribution is -2.50. The number of aliphatic hydroxyl groups is 1. The van der Waals surface area contributed by atoms with E-state index in [1.54, 1.807) is 0 Å². The molecule has 0 radical (unpaired) electrons. The summed E-state index contributed by atoms with van der Waals surface area (Å²) in [4.78, 5) is 17.7. The number of anilines is 1. The molecule has 5 nitrogen and oxygen atoms in total. The molecule has 1 amide bonds. The zero-order valence-electron chi connectivity index (χ0n) is 16.2. The molecule has 1 aliphatic heterocycles. The summed E-state index contributed by atoms with van der Waals surface area (Å²) in [5.41, 5.74) is 3.92. The number of hydrogen-bond acceptors (Lipinski definition) is 3. The second kappa shape index (κ2) is 7.26. The number of carbonyl (C=O) groups is 1. The van der Waals surface area contributed by atoms with Crippen LogP contribution in [0.15, 0.2) is 72.8 Å². The quantitative estimate of drug-likeness (QED) is 0.566. The van der Waals surface area contributed by atoms with E-state index in [1.165, 1.54) is 0 Å². The number of nitrogens with zero attached hydrogens (tertiary/aromatic N) is 3. The Morgan fingerprint density at radius 3 is 2.03 bits per heavy atom. The van der Waals surface area contributed by atoms with Crippen molar-refractivity contribution in [1.29, 1.82) is 0 Å². The Labute approximate surface area is 169 Å². The second-order valence-electron chi connectivity index (χ2n) is 7.45. The summed E-state index contributed by atoms with van der Waals surface area (Å²) in [6.07, 6.45) is 0. The van der Waals surface area contributed by atoms with Crippen LogP contribution in [0.4, 0.5) is 10.5 Å². The van der Waals surface area contributed by atoms with Crippen molar-refractivity contribution in [3.63, 3.8) is 0 Å². The molecule has 3 aromatic carbocycles. The predicted octanol–water partition coefficient (Wildman–Crippen LogP) is 4.08. The van der Waals surface area contributed by atoms with Gasteiger partial charge >= 0.3 is 6.03 Å². The summed E-state index contributed by atoms with van der Waals surface area (Å²) in [7, 11) is 0. The summed E-state index contributed by atoms with van der Waals surface area (Å²) in [6.45, 7) is 2.93. The van der Waals surface area contributed by atoms with Crippen LogP contribution >= 0.6 is 0 Å². The van der Waals surface area contributed by atoms with Crippen LogP contribution in [0.2, 0.25) is 0 Å². The van der Waals surface area contributed by atoms with Gasteiger partial charge < -0.3 is 14.9 Å². The number of hydrogen-bond donors (Lipinski definition) is 1. The van der Waals surface area contributed by atoms with Crippen molar-refractivity contribution >= 4 is 33.5 Å². The van der Waals surface area contributed by atoms with Crippen LogP contribution in [0.1, 0.15) is 5.56 Å². The van der Waals surface area contributed by atoms with Gasteiger partial charge in [0.1, 0.15) is 0 Å². The number of amides is 1. The minimum atomic E-state index is 0.0335. The molecule has 1 fully saturated rings. The van der Waals surface area contributed by atoms with E-state index in [-0.39, 0.29) is 12.6 Å². The molecule has 0 unspecified atom stereocenters. The van der Waals surface area contributed by atoms with Crippen LogP contribution < -0.4 is 4.90 Å². The van der Waals surface area contributed by atoms with E-state index in [1.807, 2.05) is 64.1 Å². The van der Waals surface area contributed by atoms with Gasteiger partial charge in [-0.1, -0.05) is 48.5 Å². The Bertz CT molecular complexity index is 1140. The number of rotatable bonds is 2. The predicted molar refractivity (Wildman–Crippen MR) is 116 cm³/mol. The first-order valence-corrected chi connectivity index (χ1v) is 9.98. The lowest BCUT2D eigenvalue weighted by molar-refractivity contribution is 0.198. The fourth-order valence-corrected chi connectivity index (χ4v) is 4.28. The lowest BCUT2D eigenvalue weighted by atomic mass is 10.2. The average molecular weight is 385 g/mol. The molecule has 1 aliphatic rings. The van der Waals surface area contributed by atoms with Crippen LogP contribution in [0.5, 0.6) is 0 Å². The highest BCUT2D eigenvalue weighted by Gasteiger charge is 2.25. The van der Waals surface area contributed by atoms with Crippen molar-refractivity contribution in [2.45, 2.75) is 6.61 Å². The van der Waals surface area contributed by atoms with E-state index in [4.69, 9.17) is 0 Å². The summed E-state index contributed by atoms with van der Waals surface area (Å²) in [6, 6.07) is 24.2. The Morgan fingerprint density at radius 2 is 1.41 bits per heavy atom. The first-order valence-electron chi connectivity index (χ1n) is 9.98. The first-order chi connectivity index (χ1) is 14.3. The Balaban J connectivity index is 1.42. The van der Waals surface area contributed by atoms with Crippen molar-refractivity contribution < 1.29 is 9.90 Å². The van der Waals surface area contributed by atoms with Gasteiger partial charge in [0.2, 0.25) is 0 Å². The highest BCUT2D eigenvalue weighted by atomic mass is 16.3. The van der Waals surface area contributed by atoms with Gasteiger partial charge in [-0.15, -0.1) is 0 Å². The molecule has 29 heavy (non-hydrogen) atoms. The number of benzene rings is 3. The van der Waals surface area contributed by atoms with Crippen LogP contribution in [-0.4, -0.2) is 46.8 Å². The SMILES string of the molecule is O=C(N1CCN(c2cccc(CO)c2)CC1)n1c2ccccc2c2ccccc21. The second-order valence-corrected chi connectivity index (χ2v) is 7.45.